The maximum Gasteiger partial charge on any atom is 0.222 e. The van der Waals surface area contributed by atoms with Gasteiger partial charge >= 0.3 is 0 Å². The van der Waals surface area contributed by atoms with Crippen molar-refractivity contribution in [2.45, 2.75) is 45.1 Å². The van der Waals surface area contributed by atoms with Crippen molar-refractivity contribution in [2.24, 2.45) is 11.7 Å². The van der Waals surface area contributed by atoms with E-state index in [1.54, 1.807) is 13.3 Å². The third kappa shape index (κ3) is 4.65. The lowest BCUT2D eigenvalue weighted by atomic mass is 9.97. The average molecular weight is 374 g/mol. The van der Waals surface area contributed by atoms with Crippen molar-refractivity contribution in [3.63, 3.8) is 0 Å². The van der Waals surface area contributed by atoms with Crippen LogP contribution in [0.25, 0.3) is 11.2 Å². The molecular weight excluding hydrogens is 342 g/mol. The second-order valence-electron chi connectivity index (χ2n) is 7.46. The molecule has 2 aromatic rings. The van der Waals surface area contributed by atoms with Gasteiger partial charge in [0.2, 0.25) is 5.91 Å². The highest BCUT2D eigenvalue weighted by molar-refractivity contribution is 5.76. The van der Waals surface area contributed by atoms with Crippen LogP contribution in [0.5, 0.6) is 0 Å². The van der Waals surface area contributed by atoms with Gasteiger partial charge in [0.1, 0.15) is 11.3 Å². The van der Waals surface area contributed by atoms with E-state index in [1.165, 1.54) is 0 Å². The number of fused-ring (bicyclic) bond motifs is 1. The van der Waals surface area contributed by atoms with Gasteiger partial charge < -0.3 is 19.9 Å². The van der Waals surface area contributed by atoms with Gasteiger partial charge in [-0.1, -0.05) is 0 Å². The van der Waals surface area contributed by atoms with Gasteiger partial charge in [0.05, 0.1) is 12.6 Å². The van der Waals surface area contributed by atoms with E-state index in [1.807, 2.05) is 17.0 Å². The Morgan fingerprint density at radius 1 is 1.41 bits per heavy atom. The summed E-state index contributed by atoms with van der Waals surface area (Å²) in [5, 5.41) is 0. The third-order valence-corrected chi connectivity index (χ3v) is 5.46. The van der Waals surface area contributed by atoms with Gasteiger partial charge in [-0.3, -0.25) is 4.79 Å². The molecule has 3 rings (SSSR count). The number of pyridine rings is 1. The first-order chi connectivity index (χ1) is 13.1. The molecule has 7 nitrogen and oxygen atoms in total. The predicted octanol–water partition coefficient (Wildman–Crippen LogP) is 2.16. The summed E-state index contributed by atoms with van der Waals surface area (Å²) >= 11 is 0. The van der Waals surface area contributed by atoms with Crippen LogP contribution in [0.2, 0.25) is 0 Å². The van der Waals surface area contributed by atoms with E-state index in [0.717, 1.165) is 62.3 Å². The molecule has 1 atom stereocenters. The number of likely N-dealkylation sites (tertiary alicyclic amines) is 1. The summed E-state index contributed by atoms with van der Waals surface area (Å²) in [4.78, 5) is 23.8. The second kappa shape index (κ2) is 9.28. The number of ether oxygens (including phenoxy) is 1. The van der Waals surface area contributed by atoms with E-state index >= 15 is 0 Å². The smallest absolute Gasteiger partial charge is 0.222 e. The van der Waals surface area contributed by atoms with Gasteiger partial charge in [0, 0.05) is 39.2 Å². The molecule has 1 fully saturated rings. The van der Waals surface area contributed by atoms with Crippen LogP contribution in [-0.2, 0) is 16.0 Å². The van der Waals surface area contributed by atoms with Crippen LogP contribution < -0.4 is 5.73 Å². The minimum absolute atomic E-state index is 0.149. The zero-order chi connectivity index (χ0) is 19.2. The Balaban J connectivity index is 1.61. The maximum atomic E-state index is 12.5. The number of methoxy groups -OCH3 is 1. The first kappa shape index (κ1) is 19.8. The number of piperidine rings is 1. The molecule has 0 aromatic carbocycles. The van der Waals surface area contributed by atoms with E-state index in [-0.39, 0.29) is 11.9 Å². The van der Waals surface area contributed by atoms with Gasteiger partial charge in [0.25, 0.3) is 0 Å². The van der Waals surface area contributed by atoms with Crippen LogP contribution in [0, 0.1) is 5.92 Å². The van der Waals surface area contributed by atoms with Gasteiger partial charge in [-0.2, -0.15) is 0 Å². The lowest BCUT2D eigenvalue weighted by molar-refractivity contribution is -0.132. The monoisotopic (exact) mass is 373 g/mol. The number of carbonyl (C=O) groups is 1. The fraction of sp³-hybridized carbons (Fsp3) is 0.650. The summed E-state index contributed by atoms with van der Waals surface area (Å²) in [5.41, 5.74) is 7.51. The molecule has 0 aliphatic carbocycles. The number of aryl methyl sites for hydroxylation is 1. The molecular formula is C20H31N5O2. The summed E-state index contributed by atoms with van der Waals surface area (Å²) in [6.07, 6.45) is 5.95. The molecule has 0 bridgehead atoms. The summed E-state index contributed by atoms with van der Waals surface area (Å²) in [5.74, 6) is 1.79. The Bertz CT molecular complexity index is 752. The highest BCUT2D eigenvalue weighted by atomic mass is 16.5. The Morgan fingerprint density at radius 2 is 2.19 bits per heavy atom. The zero-order valence-electron chi connectivity index (χ0n) is 16.4. The summed E-state index contributed by atoms with van der Waals surface area (Å²) in [6, 6.07) is 4.03. The number of carbonyl (C=O) groups excluding carboxylic acids is 1. The number of nitrogens with two attached hydrogens (primary N) is 1. The van der Waals surface area contributed by atoms with Crippen molar-refractivity contribution in [1.82, 2.24) is 19.4 Å². The normalized spacial score (nSPS) is 16.8. The molecule has 1 saturated heterocycles. The minimum Gasteiger partial charge on any atom is -0.383 e. The minimum atomic E-state index is 0.149. The van der Waals surface area contributed by atoms with E-state index < -0.39 is 0 Å². The molecule has 2 N–H and O–H groups in total. The van der Waals surface area contributed by atoms with Crippen molar-refractivity contribution in [3.05, 3.63) is 24.2 Å². The van der Waals surface area contributed by atoms with Crippen molar-refractivity contribution < 1.29 is 9.53 Å². The molecule has 1 aliphatic heterocycles. The largest absolute Gasteiger partial charge is 0.383 e. The number of imidazole rings is 1. The van der Waals surface area contributed by atoms with Crippen LogP contribution in [0.15, 0.2) is 18.3 Å². The molecule has 2 aromatic heterocycles. The van der Waals surface area contributed by atoms with E-state index in [2.05, 4.69) is 16.5 Å². The van der Waals surface area contributed by atoms with Crippen LogP contribution >= 0.6 is 0 Å². The lowest BCUT2D eigenvalue weighted by Crippen LogP contribution is -2.40. The predicted molar refractivity (Wildman–Crippen MR) is 105 cm³/mol. The van der Waals surface area contributed by atoms with Crippen LogP contribution in [-0.4, -0.2) is 58.7 Å². The van der Waals surface area contributed by atoms with Crippen LogP contribution in [0.3, 0.4) is 0 Å². The molecule has 3 heterocycles. The summed E-state index contributed by atoms with van der Waals surface area (Å²) < 4.78 is 7.47. The van der Waals surface area contributed by atoms with Crippen LogP contribution in [0.1, 0.15) is 44.5 Å². The molecule has 0 saturated carbocycles. The van der Waals surface area contributed by atoms with Gasteiger partial charge in [-0.05, 0) is 50.8 Å². The standard InChI is InChI=1S/C20H31N5O2/c1-15(14-27-2)25-18(23-17-5-4-10-22-20(17)25)6-3-7-19(26)24-11-8-16(13-21)9-12-24/h4-5,10,15-16H,3,6-9,11-14,21H2,1-2H3/t15-/m0/s1. The van der Waals surface area contributed by atoms with Crippen molar-refractivity contribution in [2.75, 3.05) is 33.4 Å². The highest BCUT2D eigenvalue weighted by Crippen LogP contribution is 2.22. The Morgan fingerprint density at radius 3 is 2.89 bits per heavy atom. The number of aromatic nitrogens is 3. The van der Waals surface area contributed by atoms with Gasteiger partial charge in [0.15, 0.2) is 5.65 Å². The molecule has 27 heavy (non-hydrogen) atoms. The quantitative estimate of drug-likeness (QED) is 0.766. The number of nitrogens with zero attached hydrogens (tertiary/aromatic N) is 4. The maximum absolute atomic E-state index is 12.5. The topological polar surface area (TPSA) is 86.3 Å². The molecule has 0 spiro atoms. The molecule has 0 unspecified atom stereocenters. The Hall–Kier alpha value is -1.99. The number of rotatable bonds is 8. The summed E-state index contributed by atoms with van der Waals surface area (Å²) in [7, 11) is 1.70. The fourth-order valence-corrected chi connectivity index (χ4v) is 3.91. The summed E-state index contributed by atoms with van der Waals surface area (Å²) in [6.45, 7) is 5.12. The van der Waals surface area contributed by atoms with Crippen LogP contribution in [0.4, 0.5) is 0 Å². The van der Waals surface area contributed by atoms with E-state index in [4.69, 9.17) is 15.5 Å². The highest BCUT2D eigenvalue weighted by Gasteiger charge is 2.22. The third-order valence-electron chi connectivity index (χ3n) is 5.46. The molecule has 7 heteroatoms. The van der Waals surface area contributed by atoms with Crippen molar-refractivity contribution in [3.8, 4) is 0 Å². The van der Waals surface area contributed by atoms with E-state index in [0.29, 0.717) is 18.9 Å². The van der Waals surface area contributed by atoms with Gasteiger partial charge in [-0.15, -0.1) is 0 Å². The first-order valence-corrected chi connectivity index (χ1v) is 9.92. The number of hydrogen-bond donors (Lipinski definition) is 1. The fourth-order valence-electron chi connectivity index (χ4n) is 3.91. The van der Waals surface area contributed by atoms with E-state index in [9.17, 15) is 4.79 Å². The zero-order valence-corrected chi connectivity index (χ0v) is 16.4. The average Bonchev–Trinajstić information content (AvgIpc) is 3.06. The lowest BCUT2D eigenvalue weighted by Gasteiger charge is -2.31. The van der Waals surface area contributed by atoms with Crippen molar-refractivity contribution in [1.29, 1.82) is 0 Å². The number of hydrogen-bond acceptors (Lipinski definition) is 5. The van der Waals surface area contributed by atoms with Gasteiger partial charge in [-0.25, -0.2) is 9.97 Å². The van der Waals surface area contributed by atoms with Crippen molar-refractivity contribution >= 4 is 17.1 Å². The second-order valence-corrected chi connectivity index (χ2v) is 7.46. The number of amides is 1. The Labute approximate surface area is 160 Å². The first-order valence-electron chi connectivity index (χ1n) is 9.92. The molecule has 1 amide bonds. The Kier molecular flexibility index (Phi) is 6.79. The molecule has 1 aliphatic rings. The molecule has 0 radical (unpaired) electrons. The SMILES string of the molecule is COC[C@H](C)n1c(CCCC(=O)N2CCC(CN)CC2)nc2cccnc21. The molecule has 148 valence electrons.